The van der Waals surface area contributed by atoms with Crippen molar-refractivity contribution in [3.63, 3.8) is 0 Å². The molecule has 0 saturated carbocycles. The highest BCUT2D eigenvalue weighted by molar-refractivity contribution is 7.07. The molecule has 0 fully saturated rings. The largest absolute Gasteiger partial charge is 0.349 e. The van der Waals surface area contributed by atoms with E-state index in [1.54, 1.807) is 11.3 Å². The number of rotatable bonds is 6. The van der Waals surface area contributed by atoms with Crippen molar-refractivity contribution in [1.82, 2.24) is 9.88 Å². The summed E-state index contributed by atoms with van der Waals surface area (Å²) in [7, 11) is 0. The fraction of sp³-hybridized carbons (Fsp3) is 0.500. The number of hydrogen-bond acceptors (Lipinski definition) is 2. The van der Waals surface area contributed by atoms with Gasteiger partial charge in [-0.15, -0.1) is 0 Å². The van der Waals surface area contributed by atoms with E-state index in [0.29, 0.717) is 6.04 Å². The van der Waals surface area contributed by atoms with Crippen molar-refractivity contribution in [3.05, 3.63) is 45.4 Å². The molecule has 0 aliphatic carbocycles. The molecule has 0 bridgehead atoms. The highest BCUT2D eigenvalue weighted by Gasteiger charge is 2.09. The van der Waals surface area contributed by atoms with Crippen LogP contribution in [-0.4, -0.2) is 10.6 Å². The van der Waals surface area contributed by atoms with Crippen molar-refractivity contribution in [3.8, 4) is 0 Å². The van der Waals surface area contributed by atoms with Gasteiger partial charge in [-0.2, -0.15) is 11.3 Å². The lowest BCUT2D eigenvalue weighted by Gasteiger charge is -2.13. The van der Waals surface area contributed by atoms with Gasteiger partial charge in [-0.3, -0.25) is 0 Å². The zero-order valence-corrected chi connectivity index (χ0v) is 13.2. The van der Waals surface area contributed by atoms with E-state index in [4.69, 9.17) is 0 Å². The summed E-state index contributed by atoms with van der Waals surface area (Å²) >= 11 is 1.78. The fourth-order valence-electron chi connectivity index (χ4n) is 2.66. The molecule has 3 heteroatoms. The Morgan fingerprint density at radius 2 is 2.16 bits per heavy atom. The van der Waals surface area contributed by atoms with Crippen LogP contribution < -0.4 is 5.32 Å². The van der Waals surface area contributed by atoms with E-state index >= 15 is 0 Å². The predicted molar refractivity (Wildman–Crippen MR) is 83.9 cm³/mol. The van der Waals surface area contributed by atoms with Crippen LogP contribution in [0.5, 0.6) is 0 Å². The molecule has 1 N–H and O–H groups in total. The molecule has 0 aliphatic heterocycles. The van der Waals surface area contributed by atoms with Gasteiger partial charge in [0.15, 0.2) is 0 Å². The Hall–Kier alpha value is -1.06. The van der Waals surface area contributed by atoms with Crippen LogP contribution in [0.1, 0.15) is 36.4 Å². The van der Waals surface area contributed by atoms with Gasteiger partial charge in [0.25, 0.3) is 0 Å². The molecule has 1 unspecified atom stereocenters. The number of nitrogens with zero attached hydrogens (tertiary/aromatic N) is 1. The minimum Gasteiger partial charge on any atom is -0.349 e. The zero-order valence-electron chi connectivity index (χ0n) is 12.4. The van der Waals surface area contributed by atoms with Gasteiger partial charge in [0.2, 0.25) is 0 Å². The van der Waals surface area contributed by atoms with Gasteiger partial charge >= 0.3 is 0 Å². The van der Waals surface area contributed by atoms with E-state index in [2.05, 4.69) is 60.5 Å². The Balaban J connectivity index is 1.91. The first-order valence-corrected chi connectivity index (χ1v) is 7.96. The van der Waals surface area contributed by atoms with Gasteiger partial charge < -0.3 is 9.88 Å². The molecular weight excluding hydrogens is 252 g/mol. The lowest BCUT2D eigenvalue weighted by molar-refractivity contribution is 0.544. The third-order valence-electron chi connectivity index (χ3n) is 3.76. The second-order valence-electron chi connectivity index (χ2n) is 5.26. The van der Waals surface area contributed by atoms with Crippen LogP contribution in [0.4, 0.5) is 0 Å². The van der Waals surface area contributed by atoms with Crippen LogP contribution >= 0.6 is 11.3 Å². The molecule has 2 rings (SSSR count). The lowest BCUT2D eigenvalue weighted by Crippen LogP contribution is -2.27. The Bertz CT molecular complexity index is 511. The quantitative estimate of drug-likeness (QED) is 0.846. The number of nitrogens with one attached hydrogen (secondary N) is 1. The normalized spacial score (nSPS) is 12.8. The molecule has 1 atom stereocenters. The Morgan fingerprint density at radius 1 is 1.37 bits per heavy atom. The molecule has 0 radical (unpaired) electrons. The molecule has 0 saturated heterocycles. The standard InChI is InChI=1S/C16H24N2S/c1-5-18-13(3)9-16(14(18)4)10-17-12(2)8-15-6-7-19-11-15/h6-7,9,11-12,17H,5,8,10H2,1-4H3. The molecule has 2 aromatic heterocycles. The Labute approximate surface area is 120 Å². The van der Waals surface area contributed by atoms with E-state index in [1.807, 2.05) is 0 Å². The number of aryl methyl sites for hydroxylation is 1. The number of thiophene rings is 1. The van der Waals surface area contributed by atoms with Crippen molar-refractivity contribution < 1.29 is 0 Å². The topological polar surface area (TPSA) is 17.0 Å². The Kier molecular flexibility index (Phi) is 4.83. The van der Waals surface area contributed by atoms with Crippen LogP contribution in [0.15, 0.2) is 22.9 Å². The zero-order chi connectivity index (χ0) is 13.8. The lowest BCUT2D eigenvalue weighted by atomic mass is 10.1. The molecule has 2 aromatic rings. The van der Waals surface area contributed by atoms with Crippen molar-refractivity contribution >= 4 is 11.3 Å². The SMILES string of the molecule is CCn1c(C)cc(CNC(C)Cc2ccsc2)c1C. The van der Waals surface area contributed by atoms with Crippen LogP contribution in [0.3, 0.4) is 0 Å². The summed E-state index contributed by atoms with van der Waals surface area (Å²) < 4.78 is 2.38. The maximum Gasteiger partial charge on any atom is 0.0225 e. The van der Waals surface area contributed by atoms with Crippen LogP contribution in [0.2, 0.25) is 0 Å². The van der Waals surface area contributed by atoms with Gasteiger partial charge in [-0.05, 0) is 68.1 Å². The summed E-state index contributed by atoms with van der Waals surface area (Å²) in [6.45, 7) is 10.9. The van der Waals surface area contributed by atoms with E-state index in [9.17, 15) is 0 Å². The highest BCUT2D eigenvalue weighted by Crippen LogP contribution is 2.15. The van der Waals surface area contributed by atoms with E-state index < -0.39 is 0 Å². The van der Waals surface area contributed by atoms with Crippen molar-refractivity contribution in [2.45, 2.75) is 53.2 Å². The van der Waals surface area contributed by atoms with E-state index in [-0.39, 0.29) is 0 Å². The average Bonchev–Trinajstić information content (AvgIpc) is 2.96. The second-order valence-corrected chi connectivity index (χ2v) is 6.04. The van der Waals surface area contributed by atoms with Crippen molar-refractivity contribution in [2.24, 2.45) is 0 Å². The monoisotopic (exact) mass is 276 g/mol. The third kappa shape index (κ3) is 3.48. The van der Waals surface area contributed by atoms with E-state index in [1.165, 1.54) is 22.5 Å². The average molecular weight is 276 g/mol. The summed E-state index contributed by atoms with van der Waals surface area (Å²) in [5, 5.41) is 8.02. The first kappa shape index (κ1) is 14.4. The number of aromatic nitrogens is 1. The molecule has 19 heavy (non-hydrogen) atoms. The predicted octanol–water partition coefficient (Wildman–Crippen LogP) is 3.91. The minimum absolute atomic E-state index is 0.513. The molecule has 2 nitrogen and oxygen atoms in total. The van der Waals surface area contributed by atoms with Gasteiger partial charge in [-0.1, -0.05) is 0 Å². The van der Waals surface area contributed by atoms with Gasteiger partial charge in [0, 0.05) is 30.5 Å². The van der Waals surface area contributed by atoms with Gasteiger partial charge in [-0.25, -0.2) is 0 Å². The van der Waals surface area contributed by atoms with Crippen LogP contribution in [-0.2, 0) is 19.5 Å². The molecule has 2 heterocycles. The first-order valence-electron chi connectivity index (χ1n) is 7.01. The van der Waals surface area contributed by atoms with Crippen LogP contribution in [0, 0.1) is 13.8 Å². The maximum atomic E-state index is 3.63. The van der Waals surface area contributed by atoms with Crippen molar-refractivity contribution in [1.29, 1.82) is 0 Å². The second kappa shape index (κ2) is 6.40. The summed E-state index contributed by atoms with van der Waals surface area (Å²) in [5.74, 6) is 0. The molecule has 0 spiro atoms. The third-order valence-corrected chi connectivity index (χ3v) is 4.49. The van der Waals surface area contributed by atoms with Crippen molar-refractivity contribution in [2.75, 3.05) is 0 Å². The molecule has 0 aromatic carbocycles. The summed E-state index contributed by atoms with van der Waals surface area (Å²) in [4.78, 5) is 0. The summed E-state index contributed by atoms with van der Waals surface area (Å²) in [6.07, 6.45) is 1.11. The molecule has 0 aliphatic rings. The van der Waals surface area contributed by atoms with Crippen LogP contribution in [0.25, 0.3) is 0 Å². The minimum atomic E-state index is 0.513. The summed E-state index contributed by atoms with van der Waals surface area (Å²) in [6, 6.07) is 5.04. The fourth-order valence-corrected chi connectivity index (χ4v) is 3.34. The highest BCUT2D eigenvalue weighted by atomic mass is 32.1. The first-order chi connectivity index (χ1) is 9.11. The summed E-state index contributed by atoms with van der Waals surface area (Å²) in [5.41, 5.74) is 5.62. The Morgan fingerprint density at radius 3 is 2.74 bits per heavy atom. The number of hydrogen-bond donors (Lipinski definition) is 1. The molecular formula is C16H24N2S. The molecule has 104 valence electrons. The smallest absolute Gasteiger partial charge is 0.0225 e. The van der Waals surface area contributed by atoms with E-state index in [0.717, 1.165) is 19.5 Å². The van der Waals surface area contributed by atoms with Gasteiger partial charge in [0.05, 0.1) is 0 Å². The van der Waals surface area contributed by atoms with Gasteiger partial charge in [0.1, 0.15) is 0 Å². The molecule has 0 amide bonds. The maximum absolute atomic E-state index is 3.63.